The van der Waals surface area contributed by atoms with E-state index in [2.05, 4.69) is 10.6 Å². The fourth-order valence-electron chi connectivity index (χ4n) is 2.53. The van der Waals surface area contributed by atoms with Crippen LogP contribution in [0.3, 0.4) is 0 Å². The van der Waals surface area contributed by atoms with E-state index in [1.807, 2.05) is 19.9 Å². The molecule has 0 aromatic heterocycles. The molecule has 0 atom stereocenters. The Morgan fingerprint density at radius 1 is 1.08 bits per heavy atom. The lowest BCUT2D eigenvalue weighted by Gasteiger charge is -2.12. The van der Waals surface area contributed by atoms with E-state index in [0.717, 1.165) is 24.0 Å². The molecule has 1 aliphatic carbocycles. The van der Waals surface area contributed by atoms with Crippen molar-refractivity contribution in [2.75, 3.05) is 17.2 Å². The third-order valence-corrected chi connectivity index (χ3v) is 4.46. The second kappa shape index (κ2) is 7.79. The van der Waals surface area contributed by atoms with Gasteiger partial charge in [0.25, 0.3) is 5.91 Å². The van der Waals surface area contributed by atoms with Gasteiger partial charge in [-0.05, 0) is 68.1 Å². The molecule has 1 saturated carbocycles. The van der Waals surface area contributed by atoms with Crippen LogP contribution in [-0.4, -0.2) is 18.4 Å². The molecular formula is C20H21ClN2O3. The third-order valence-electron chi connectivity index (χ3n) is 4.22. The predicted octanol–water partition coefficient (Wildman–Crippen LogP) is 4.32. The van der Waals surface area contributed by atoms with Crippen LogP contribution < -0.4 is 15.4 Å². The van der Waals surface area contributed by atoms with E-state index in [9.17, 15) is 9.59 Å². The summed E-state index contributed by atoms with van der Waals surface area (Å²) in [6.07, 6.45) is 1.89. The predicted molar refractivity (Wildman–Crippen MR) is 103 cm³/mol. The van der Waals surface area contributed by atoms with E-state index in [-0.39, 0.29) is 24.3 Å². The zero-order valence-electron chi connectivity index (χ0n) is 14.8. The number of anilines is 2. The van der Waals surface area contributed by atoms with Gasteiger partial charge < -0.3 is 15.4 Å². The molecule has 1 aliphatic rings. The first-order valence-corrected chi connectivity index (χ1v) is 8.90. The Morgan fingerprint density at radius 3 is 2.54 bits per heavy atom. The molecule has 5 nitrogen and oxygen atoms in total. The van der Waals surface area contributed by atoms with Crippen LogP contribution in [-0.2, 0) is 9.59 Å². The lowest BCUT2D eigenvalue weighted by molar-refractivity contribution is -0.118. The van der Waals surface area contributed by atoms with Crippen molar-refractivity contribution in [1.29, 1.82) is 0 Å². The Morgan fingerprint density at radius 2 is 1.85 bits per heavy atom. The molecule has 2 amide bonds. The third kappa shape index (κ3) is 4.76. The summed E-state index contributed by atoms with van der Waals surface area (Å²) in [6, 6.07) is 10.7. The maximum absolute atomic E-state index is 12.2. The maximum atomic E-state index is 12.2. The fraction of sp³-hybridized carbons (Fsp3) is 0.300. The van der Waals surface area contributed by atoms with Gasteiger partial charge >= 0.3 is 0 Å². The highest BCUT2D eigenvalue weighted by Gasteiger charge is 2.29. The van der Waals surface area contributed by atoms with Crippen LogP contribution in [0.4, 0.5) is 11.4 Å². The summed E-state index contributed by atoms with van der Waals surface area (Å²) in [5.74, 6) is 0.510. The second-order valence-electron chi connectivity index (χ2n) is 6.54. The van der Waals surface area contributed by atoms with Gasteiger partial charge in [-0.15, -0.1) is 0 Å². The molecule has 136 valence electrons. The molecule has 6 heteroatoms. The van der Waals surface area contributed by atoms with Gasteiger partial charge in [-0.25, -0.2) is 0 Å². The first-order chi connectivity index (χ1) is 12.4. The van der Waals surface area contributed by atoms with Crippen LogP contribution in [0.25, 0.3) is 0 Å². The number of aryl methyl sites for hydroxylation is 2. The molecule has 2 aromatic rings. The van der Waals surface area contributed by atoms with E-state index in [0.29, 0.717) is 22.1 Å². The first-order valence-electron chi connectivity index (χ1n) is 8.52. The standard InChI is InChI=1S/C20H21ClN2O3/c1-12-3-7-16(10-17(12)23-20(25)14-4-5-14)22-19(24)11-26-18-8-6-15(21)9-13(18)2/h3,6-10,14H,4-5,11H2,1-2H3,(H,22,24)(H,23,25). The Balaban J connectivity index is 1.59. The van der Waals surface area contributed by atoms with Crippen LogP contribution >= 0.6 is 11.6 Å². The van der Waals surface area contributed by atoms with Crippen molar-refractivity contribution in [3.05, 3.63) is 52.5 Å². The molecule has 0 unspecified atom stereocenters. The molecule has 26 heavy (non-hydrogen) atoms. The van der Waals surface area contributed by atoms with Crippen molar-refractivity contribution in [3.63, 3.8) is 0 Å². The minimum atomic E-state index is -0.275. The summed E-state index contributed by atoms with van der Waals surface area (Å²) < 4.78 is 5.54. The number of hydrogen-bond acceptors (Lipinski definition) is 3. The Bertz CT molecular complexity index is 847. The molecule has 1 fully saturated rings. The summed E-state index contributed by atoms with van der Waals surface area (Å²) in [5, 5.41) is 6.33. The first kappa shape index (κ1) is 18.3. The number of amides is 2. The number of nitrogens with one attached hydrogen (secondary N) is 2. The molecule has 0 heterocycles. The van der Waals surface area contributed by atoms with E-state index in [1.54, 1.807) is 30.3 Å². The molecule has 0 aliphatic heterocycles. The Labute approximate surface area is 157 Å². The van der Waals surface area contributed by atoms with E-state index in [4.69, 9.17) is 16.3 Å². The second-order valence-corrected chi connectivity index (χ2v) is 6.98. The van der Waals surface area contributed by atoms with Crippen molar-refractivity contribution in [2.24, 2.45) is 5.92 Å². The van der Waals surface area contributed by atoms with Gasteiger partial charge in [0, 0.05) is 22.3 Å². The van der Waals surface area contributed by atoms with E-state index in [1.165, 1.54) is 0 Å². The lowest BCUT2D eigenvalue weighted by Crippen LogP contribution is -2.21. The average molecular weight is 373 g/mol. The summed E-state index contributed by atoms with van der Waals surface area (Å²) in [4.78, 5) is 24.1. The van der Waals surface area contributed by atoms with Crippen LogP contribution in [0.2, 0.25) is 5.02 Å². The lowest BCUT2D eigenvalue weighted by atomic mass is 10.1. The highest BCUT2D eigenvalue weighted by molar-refractivity contribution is 6.30. The summed E-state index contributed by atoms with van der Waals surface area (Å²) in [6.45, 7) is 3.68. The quantitative estimate of drug-likeness (QED) is 0.793. The zero-order chi connectivity index (χ0) is 18.7. The van der Waals surface area contributed by atoms with Crippen molar-refractivity contribution < 1.29 is 14.3 Å². The van der Waals surface area contributed by atoms with Gasteiger partial charge in [-0.2, -0.15) is 0 Å². The molecule has 2 N–H and O–H groups in total. The Hall–Kier alpha value is -2.53. The van der Waals surface area contributed by atoms with Gasteiger partial charge in [-0.3, -0.25) is 9.59 Å². The van der Waals surface area contributed by atoms with Gasteiger partial charge in [0.05, 0.1) is 0 Å². The van der Waals surface area contributed by atoms with Crippen molar-refractivity contribution in [3.8, 4) is 5.75 Å². The zero-order valence-corrected chi connectivity index (χ0v) is 15.5. The average Bonchev–Trinajstić information content (AvgIpc) is 3.42. The van der Waals surface area contributed by atoms with Gasteiger partial charge in [0.2, 0.25) is 5.91 Å². The number of rotatable bonds is 6. The monoisotopic (exact) mass is 372 g/mol. The number of carbonyl (C=O) groups is 2. The Kier molecular flexibility index (Phi) is 5.47. The maximum Gasteiger partial charge on any atom is 0.262 e. The minimum absolute atomic E-state index is 0.0399. The highest BCUT2D eigenvalue weighted by Crippen LogP contribution is 2.31. The summed E-state index contributed by atoms with van der Waals surface area (Å²) >= 11 is 5.91. The van der Waals surface area contributed by atoms with Crippen LogP contribution in [0.5, 0.6) is 5.75 Å². The SMILES string of the molecule is Cc1ccc(NC(=O)COc2ccc(Cl)cc2C)cc1NC(=O)C1CC1. The molecule has 0 bridgehead atoms. The fourth-order valence-corrected chi connectivity index (χ4v) is 2.76. The van der Waals surface area contributed by atoms with Crippen molar-refractivity contribution in [2.45, 2.75) is 26.7 Å². The number of ether oxygens (including phenoxy) is 1. The number of benzene rings is 2. The van der Waals surface area contributed by atoms with E-state index < -0.39 is 0 Å². The van der Waals surface area contributed by atoms with Crippen LogP contribution in [0.15, 0.2) is 36.4 Å². The number of halogens is 1. The van der Waals surface area contributed by atoms with Gasteiger partial charge in [-0.1, -0.05) is 17.7 Å². The normalized spacial score (nSPS) is 13.2. The van der Waals surface area contributed by atoms with Crippen LogP contribution in [0.1, 0.15) is 24.0 Å². The summed E-state index contributed by atoms with van der Waals surface area (Å²) in [5.41, 5.74) is 3.15. The topological polar surface area (TPSA) is 67.4 Å². The molecule has 0 saturated heterocycles. The molecule has 2 aromatic carbocycles. The summed E-state index contributed by atoms with van der Waals surface area (Å²) in [7, 11) is 0. The van der Waals surface area contributed by atoms with Gasteiger partial charge in [0.1, 0.15) is 5.75 Å². The smallest absolute Gasteiger partial charge is 0.262 e. The molecular weight excluding hydrogens is 352 g/mol. The largest absolute Gasteiger partial charge is 0.483 e. The number of hydrogen-bond donors (Lipinski definition) is 2. The van der Waals surface area contributed by atoms with E-state index >= 15 is 0 Å². The number of carbonyl (C=O) groups excluding carboxylic acids is 2. The molecule has 0 radical (unpaired) electrons. The highest BCUT2D eigenvalue weighted by atomic mass is 35.5. The van der Waals surface area contributed by atoms with Gasteiger partial charge in [0.15, 0.2) is 6.61 Å². The minimum Gasteiger partial charge on any atom is -0.483 e. The van der Waals surface area contributed by atoms with Crippen molar-refractivity contribution in [1.82, 2.24) is 0 Å². The van der Waals surface area contributed by atoms with Crippen LogP contribution in [0, 0.1) is 19.8 Å². The molecule has 0 spiro atoms. The molecule has 3 rings (SSSR count). The van der Waals surface area contributed by atoms with Crippen molar-refractivity contribution >= 4 is 34.8 Å².